The van der Waals surface area contributed by atoms with Gasteiger partial charge in [-0.2, -0.15) is 0 Å². The molecule has 7 rings (SSSR count). The third-order valence-corrected chi connectivity index (χ3v) is 7.85. The number of aromatic nitrogens is 1. The van der Waals surface area contributed by atoms with Gasteiger partial charge in [0.1, 0.15) is 5.84 Å². The number of benzene rings is 4. The highest BCUT2D eigenvalue weighted by Crippen LogP contribution is 2.51. The molecule has 5 aromatic rings. The average molecular weight is 505 g/mol. The predicted molar refractivity (Wildman–Crippen MR) is 162 cm³/mol. The molecule has 4 aromatic carbocycles. The zero-order valence-electron chi connectivity index (χ0n) is 21.8. The van der Waals surface area contributed by atoms with Gasteiger partial charge in [-0.25, -0.2) is 9.98 Å². The number of hydrogen-bond acceptors (Lipinski definition) is 1. The number of allylic oxidation sites excluding steroid dienone is 1. The summed E-state index contributed by atoms with van der Waals surface area (Å²) in [7, 11) is 0. The Kier molecular flexibility index (Phi) is 5.41. The molecule has 4 nitrogen and oxygen atoms in total. The van der Waals surface area contributed by atoms with Crippen molar-refractivity contribution in [3.8, 4) is 5.69 Å². The van der Waals surface area contributed by atoms with E-state index in [-0.39, 0.29) is 0 Å². The van der Waals surface area contributed by atoms with Crippen molar-refractivity contribution in [2.45, 2.75) is 12.8 Å². The quantitative estimate of drug-likeness (QED) is 0.199. The second-order valence-corrected chi connectivity index (χ2v) is 10.2. The van der Waals surface area contributed by atoms with Crippen molar-refractivity contribution < 1.29 is 0 Å². The van der Waals surface area contributed by atoms with Gasteiger partial charge in [0.25, 0.3) is 0 Å². The van der Waals surface area contributed by atoms with Gasteiger partial charge in [0.15, 0.2) is 5.84 Å². The Balaban J connectivity index is 1.34. The first-order valence-electron chi connectivity index (χ1n) is 13.3. The van der Waals surface area contributed by atoms with Crippen LogP contribution in [0.15, 0.2) is 126 Å². The van der Waals surface area contributed by atoms with Crippen LogP contribution in [0.3, 0.4) is 0 Å². The summed E-state index contributed by atoms with van der Waals surface area (Å²) < 4.78 is 2.44. The molecule has 1 aliphatic heterocycles. The molecule has 2 aliphatic rings. The van der Waals surface area contributed by atoms with E-state index in [0.29, 0.717) is 29.2 Å². The molecule has 0 fully saturated rings. The molecule has 1 aliphatic carbocycles. The zero-order chi connectivity index (χ0) is 26.5. The van der Waals surface area contributed by atoms with Crippen LogP contribution in [0.4, 0.5) is 0 Å². The number of nitrogens with zero attached hydrogens (tertiary/aromatic N) is 3. The summed E-state index contributed by atoms with van der Waals surface area (Å²) in [6.45, 7) is 6.67. The van der Waals surface area contributed by atoms with Gasteiger partial charge in [-0.15, -0.1) is 0 Å². The molecule has 0 bridgehead atoms. The van der Waals surface area contributed by atoms with Crippen molar-refractivity contribution in [3.63, 3.8) is 0 Å². The molecular formula is C35H28N4. The van der Waals surface area contributed by atoms with E-state index in [0.717, 1.165) is 16.7 Å². The fourth-order valence-electron chi connectivity index (χ4n) is 5.97. The topological polar surface area (TPSA) is 55.7 Å². The smallest absolute Gasteiger partial charge is 0.162 e. The van der Waals surface area contributed by atoms with Gasteiger partial charge in [-0.3, -0.25) is 0 Å². The van der Waals surface area contributed by atoms with Gasteiger partial charge < -0.3 is 10.3 Å². The maximum absolute atomic E-state index is 6.41. The summed E-state index contributed by atoms with van der Waals surface area (Å²) in [5, 5.41) is 1.30. The van der Waals surface area contributed by atoms with Crippen molar-refractivity contribution >= 4 is 34.3 Å². The fourth-order valence-corrected chi connectivity index (χ4v) is 5.97. The van der Waals surface area contributed by atoms with Gasteiger partial charge in [-0.1, -0.05) is 117 Å². The van der Waals surface area contributed by atoms with Crippen LogP contribution in [0.2, 0.25) is 0 Å². The molecule has 0 saturated carbocycles. The number of aliphatic imine (C=N–C) groups is 2. The Morgan fingerprint density at radius 2 is 1.49 bits per heavy atom. The number of fused-ring (bicyclic) bond motifs is 6. The van der Waals surface area contributed by atoms with Gasteiger partial charge in [0.05, 0.1) is 16.9 Å². The molecule has 0 amide bonds. The molecule has 1 aromatic heterocycles. The van der Waals surface area contributed by atoms with Crippen LogP contribution in [-0.4, -0.2) is 16.2 Å². The third-order valence-electron chi connectivity index (χ3n) is 7.85. The summed E-state index contributed by atoms with van der Waals surface area (Å²) in [5.41, 5.74) is 16.3. The number of para-hydroxylation sites is 1. The van der Waals surface area contributed by atoms with Gasteiger partial charge >= 0.3 is 0 Å². The molecule has 188 valence electrons. The SMILES string of the molecule is C=C(/N=C(\N=C(/N)c1ccccc1)c1ccccc1)c1ccc2c(c1)-n1c3c(c4ccccc41)C=CC(C)C23. The highest BCUT2D eigenvalue weighted by Gasteiger charge is 2.38. The van der Waals surface area contributed by atoms with Crippen molar-refractivity contribution in [3.05, 3.63) is 149 Å². The van der Waals surface area contributed by atoms with E-state index < -0.39 is 0 Å². The summed E-state index contributed by atoms with van der Waals surface area (Å²) in [4.78, 5) is 9.68. The normalized spacial score (nSPS) is 17.8. The zero-order valence-corrected chi connectivity index (χ0v) is 21.8. The van der Waals surface area contributed by atoms with E-state index in [2.05, 4.69) is 72.7 Å². The second kappa shape index (κ2) is 9.10. The second-order valence-electron chi connectivity index (χ2n) is 10.2. The first kappa shape index (κ1) is 23.2. The first-order chi connectivity index (χ1) is 19.1. The molecule has 39 heavy (non-hydrogen) atoms. The van der Waals surface area contributed by atoms with Crippen molar-refractivity contribution in [1.82, 2.24) is 4.57 Å². The molecule has 2 atom stereocenters. The Hall–Kier alpha value is -4.96. The van der Waals surface area contributed by atoms with Crippen LogP contribution in [0, 0.1) is 5.92 Å². The molecule has 2 N–H and O–H groups in total. The summed E-state index contributed by atoms with van der Waals surface area (Å²) in [6.07, 6.45) is 4.64. The van der Waals surface area contributed by atoms with Gasteiger partial charge in [0, 0.05) is 39.3 Å². The maximum Gasteiger partial charge on any atom is 0.162 e. The van der Waals surface area contributed by atoms with Crippen molar-refractivity contribution in [2.24, 2.45) is 21.6 Å². The molecule has 2 unspecified atom stereocenters. The Morgan fingerprint density at radius 3 is 2.26 bits per heavy atom. The van der Waals surface area contributed by atoms with Crippen LogP contribution >= 0.6 is 0 Å². The molecule has 0 radical (unpaired) electrons. The average Bonchev–Trinajstić information content (AvgIpc) is 3.50. The van der Waals surface area contributed by atoms with E-state index in [9.17, 15) is 0 Å². The van der Waals surface area contributed by atoms with E-state index >= 15 is 0 Å². The predicted octanol–water partition coefficient (Wildman–Crippen LogP) is 7.56. The Morgan fingerprint density at radius 1 is 0.795 bits per heavy atom. The van der Waals surface area contributed by atoms with Crippen LogP contribution in [-0.2, 0) is 0 Å². The van der Waals surface area contributed by atoms with Gasteiger partial charge in [-0.05, 0) is 23.6 Å². The summed E-state index contributed by atoms with van der Waals surface area (Å²) in [6, 6.07) is 35.0. The standard InChI is InChI=1S/C35H28N4/c1-22-17-19-28-27-15-9-10-16-30(27)39-31-21-26(18-20-29(31)32(22)33(28)39)23(2)37-35(25-13-7-4-8-14-25)38-34(36)24-11-5-3-6-12-24/h3-22,32H,2H2,1H3,(H2,36,37,38). The molecule has 0 spiro atoms. The lowest BCUT2D eigenvalue weighted by molar-refractivity contribution is 0.621. The number of rotatable bonds is 4. The lowest BCUT2D eigenvalue weighted by atomic mass is 9.80. The molecule has 4 heteroatoms. The van der Waals surface area contributed by atoms with Crippen LogP contribution < -0.4 is 5.73 Å². The lowest BCUT2D eigenvalue weighted by Gasteiger charge is -2.22. The van der Waals surface area contributed by atoms with Crippen LogP contribution in [0.25, 0.3) is 28.4 Å². The van der Waals surface area contributed by atoms with E-state index in [1.54, 1.807) is 0 Å². The molecule has 2 heterocycles. The summed E-state index contributed by atoms with van der Waals surface area (Å²) >= 11 is 0. The third kappa shape index (κ3) is 3.76. The highest BCUT2D eigenvalue weighted by atomic mass is 15.0. The monoisotopic (exact) mass is 504 g/mol. The lowest BCUT2D eigenvalue weighted by Crippen LogP contribution is -2.16. The first-order valence-corrected chi connectivity index (χ1v) is 13.3. The van der Waals surface area contributed by atoms with Crippen molar-refractivity contribution in [1.29, 1.82) is 0 Å². The minimum Gasteiger partial charge on any atom is -0.383 e. The number of nitrogens with two attached hydrogens (primary N) is 1. The molecular weight excluding hydrogens is 476 g/mol. The Labute approximate surface area is 228 Å². The fraction of sp³-hybridized carbons (Fsp3) is 0.0857. The highest BCUT2D eigenvalue weighted by molar-refractivity contribution is 6.12. The van der Waals surface area contributed by atoms with Gasteiger partial charge in [0.2, 0.25) is 0 Å². The van der Waals surface area contributed by atoms with Crippen molar-refractivity contribution in [2.75, 3.05) is 0 Å². The minimum atomic E-state index is 0.341. The maximum atomic E-state index is 6.41. The van der Waals surface area contributed by atoms with Crippen LogP contribution in [0.5, 0.6) is 0 Å². The van der Waals surface area contributed by atoms with Crippen LogP contribution in [0.1, 0.15) is 46.4 Å². The minimum absolute atomic E-state index is 0.341. The molecule has 0 saturated heterocycles. The van der Waals surface area contributed by atoms with E-state index in [4.69, 9.17) is 15.7 Å². The van der Waals surface area contributed by atoms with E-state index in [1.165, 1.54) is 33.4 Å². The largest absolute Gasteiger partial charge is 0.383 e. The summed E-state index contributed by atoms with van der Waals surface area (Å²) in [5.74, 6) is 1.71. The van der Waals surface area contributed by atoms with E-state index in [1.807, 2.05) is 60.7 Å². The number of hydrogen-bond donors (Lipinski definition) is 1. The number of amidine groups is 2. The Bertz CT molecular complexity index is 1840.